The van der Waals surface area contributed by atoms with Gasteiger partial charge in [0.25, 0.3) is 0 Å². The summed E-state index contributed by atoms with van der Waals surface area (Å²) in [6.07, 6.45) is 0. The molecule has 0 aliphatic heterocycles. The largest absolute Gasteiger partial charge is 0.339 e. The fraction of sp³-hybridized carbons (Fsp3) is 0.115. The van der Waals surface area contributed by atoms with E-state index >= 15 is 0 Å². The van der Waals surface area contributed by atoms with Crippen LogP contribution < -0.4 is 10.6 Å². The van der Waals surface area contributed by atoms with Crippen molar-refractivity contribution in [1.82, 2.24) is 14.5 Å². The number of fused-ring (bicyclic) bond motifs is 1. The van der Waals surface area contributed by atoms with Crippen LogP contribution in [0.2, 0.25) is 0 Å². The van der Waals surface area contributed by atoms with Crippen LogP contribution in [0, 0.1) is 13.8 Å². The lowest BCUT2D eigenvalue weighted by molar-refractivity contribution is 0.103. The SMILES string of the molecule is Cc1ccc(Nc2nc(Nc3ccc(C)cc3)c(C(=O)c3nc4ccccc4n3C)s2)cc1. The minimum absolute atomic E-state index is 0.169. The van der Waals surface area contributed by atoms with Crippen molar-refractivity contribution in [3.8, 4) is 0 Å². The topological polar surface area (TPSA) is 71.8 Å². The molecular formula is C26H23N5OS. The quantitative estimate of drug-likeness (QED) is 0.293. The van der Waals surface area contributed by atoms with E-state index in [2.05, 4.69) is 15.6 Å². The van der Waals surface area contributed by atoms with Crippen molar-refractivity contribution in [1.29, 1.82) is 0 Å². The van der Waals surface area contributed by atoms with Gasteiger partial charge in [-0.15, -0.1) is 0 Å². The molecule has 7 heteroatoms. The third-order valence-electron chi connectivity index (χ3n) is 5.44. The molecule has 5 rings (SSSR count). The fourth-order valence-electron chi connectivity index (χ4n) is 3.60. The minimum Gasteiger partial charge on any atom is -0.339 e. The third-order valence-corrected chi connectivity index (χ3v) is 6.41. The molecule has 2 aromatic heterocycles. The zero-order valence-corrected chi connectivity index (χ0v) is 19.4. The van der Waals surface area contributed by atoms with Crippen molar-refractivity contribution >= 4 is 50.5 Å². The first-order valence-electron chi connectivity index (χ1n) is 10.6. The summed E-state index contributed by atoms with van der Waals surface area (Å²) in [5.41, 5.74) is 5.83. The van der Waals surface area contributed by atoms with Gasteiger partial charge in [-0.05, 0) is 50.2 Å². The number of hydrogen-bond acceptors (Lipinski definition) is 6. The number of rotatable bonds is 6. The molecule has 0 unspecified atom stereocenters. The Bertz CT molecular complexity index is 1450. The van der Waals surface area contributed by atoms with Gasteiger partial charge in [-0.25, -0.2) is 9.97 Å². The highest BCUT2D eigenvalue weighted by Gasteiger charge is 2.24. The highest BCUT2D eigenvalue weighted by atomic mass is 32.1. The van der Waals surface area contributed by atoms with Gasteiger partial charge in [-0.1, -0.05) is 58.9 Å². The number of aryl methyl sites for hydroxylation is 3. The summed E-state index contributed by atoms with van der Waals surface area (Å²) in [5, 5.41) is 7.28. The normalized spacial score (nSPS) is 11.0. The summed E-state index contributed by atoms with van der Waals surface area (Å²) in [7, 11) is 1.86. The van der Waals surface area contributed by atoms with Gasteiger partial charge in [0.1, 0.15) is 4.88 Å². The molecule has 6 nitrogen and oxygen atoms in total. The first kappa shape index (κ1) is 20.9. The van der Waals surface area contributed by atoms with E-state index in [1.165, 1.54) is 16.9 Å². The number of nitrogens with one attached hydrogen (secondary N) is 2. The van der Waals surface area contributed by atoms with Crippen molar-refractivity contribution < 1.29 is 4.79 Å². The van der Waals surface area contributed by atoms with Crippen LogP contribution in [0.25, 0.3) is 11.0 Å². The molecule has 0 saturated carbocycles. The summed E-state index contributed by atoms with van der Waals surface area (Å²) in [6.45, 7) is 4.08. The van der Waals surface area contributed by atoms with Gasteiger partial charge in [-0.3, -0.25) is 4.79 Å². The number of aromatic nitrogens is 3. The lowest BCUT2D eigenvalue weighted by atomic mass is 10.2. The molecule has 0 saturated heterocycles. The number of benzene rings is 3. The number of imidazole rings is 1. The number of para-hydroxylation sites is 2. The zero-order chi connectivity index (χ0) is 22.9. The van der Waals surface area contributed by atoms with E-state index in [0.717, 1.165) is 28.0 Å². The summed E-state index contributed by atoms with van der Waals surface area (Å²) >= 11 is 1.31. The second-order valence-electron chi connectivity index (χ2n) is 7.99. The lowest BCUT2D eigenvalue weighted by Gasteiger charge is -2.06. The smallest absolute Gasteiger partial charge is 0.242 e. The van der Waals surface area contributed by atoms with Crippen molar-refractivity contribution in [2.45, 2.75) is 13.8 Å². The molecule has 0 aliphatic carbocycles. The molecule has 0 fully saturated rings. The van der Waals surface area contributed by atoms with Crippen molar-refractivity contribution in [3.63, 3.8) is 0 Å². The standard InChI is InChI=1S/C26H23N5OS/c1-16-8-12-18(13-9-16)27-24-23(33-26(30-24)28-19-14-10-17(2)11-15-19)22(32)25-29-20-6-4-5-7-21(20)31(25)3/h4-15,27H,1-3H3,(H,28,30). The molecule has 0 amide bonds. The Labute approximate surface area is 196 Å². The highest BCUT2D eigenvalue weighted by molar-refractivity contribution is 7.18. The molecule has 3 aromatic carbocycles. The molecule has 2 heterocycles. The van der Waals surface area contributed by atoms with Crippen LogP contribution in [0.15, 0.2) is 72.8 Å². The molecule has 0 atom stereocenters. The molecular weight excluding hydrogens is 430 g/mol. The molecule has 33 heavy (non-hydrogen) atoms. The minimum atomic E-state index is -0.169. The fourth-order valence-corrected chi connectivity index (χ4v) is 4.47. The molecule has 0 spiro atoms. The van der Waals surface area contributed by atoms with Crippen LogP contribution in [0.1, 0.15) is 26.6 Å². The highest BCUT2D eigenvalue weighted by Crippen LogP contribution is 2.33. The number of thiazole rings is 1. The number of ketones is 1. The maximum absolute atomic E-state index is 13.6. The van der Waals surface area contributed by atoms with Crippen LogP contribution in [-0.2, 0) is 7.05 Å². The number of hydrogen-bond donors (Lipinski definition) is 2. The summed E-state index contributed by atoms with van der Waals surface area (Å²) in [6, 6.07) is 23.8. The first-order chi connectivity index (χ1) is 16.0. The van der Waals surface area contributed by atoms with Crippen LogP contribution in [0.4, 0.5) is 22.3 Å². The van der Waals surface area contributed by atoms with Gasteiger partial charge in [0.05, 0.1) is 11.0 Å². The average molecular weight is 454 g/mol. The van der Waals surface area contributed by atoms with Gasteiger partial charge in [-0.2, -0.15) is 0 Å². The summed E-state index contributed by atoms with van der Waals surface area (Å²) in [5.74, 6) is 0.724. The van der Waals surface area contributed by atoms with Gasteiger partial charge < -0.3 is 15.2 Å². The molecule has 0 bridgehead atoms. The predicted molar refractivity (Wildman–Crippen MR) is 135 cm³/mol. The Morgan fingerprint density at radius 2 is 1.42 bits per heavy atom. The first-order valence-corrected chi connectivity index (χ1v) is 11.4. The Balaban J connectivity index is 1.54. The van der Waals surface area contributed by atoms with Crippen molar-refractivity contribution in [2.24, 2.45) is 7.05 Å². The second-order valence-corrected chi connectivity index (χ2v) is 8.99. The summed E-state index contributed by atoms with van der Waals surface area (Å²) in [4.78, 5) is 23.4. The molecule has 0 aliphatic rings. The van der Waals surface area contributed by atoms with E-state index in [-0.39, 0.29) is 5.78 Å². The average Bonchev–Trinajstić information content (AvgIpc) is 3.37. The van der Waals surface area contributed by atoms with Gasteiger partial charge in [0, 0.05) is 18.4 Å². The Morgan fingerprint density at radius 3 is 2.06 bits per heavy atom. The predicted octanol–water partition coefficient (Wildman–Crippen LogP) is 6.36. The van der Waals surface area contributed by atoms with Gasteiger partial charge in [0.15, 0.2) is 16.8 Å². The number of carbonyl (C=O) groups excluding carboxylic acids is 1. The van der Waals surface area contributed by atoms with E-state index in [4.69, 9.17) is 4.98 Å². The second kappa shape index (κ2) is 8.52. The van der Waals surface area contributed by atoms with Crippen LogP contribution in [0.3, 0.4) is 0 Å². The maximum Gasteiger partial charge on any atom is 0.242 e. The number of anilines is 4. The molecule has 0 radical (unpaired) electrons. The molecule has 5 aromatic rings. The zero-order valence-electron chi connectivity index (χ0n) is 18.6. The van der Waals surface area contributed by atoms with E-state index in [1.54, 1.807) is 0 Å². The third kappa shape index (κ3) is 4.23. The molecule has 2 N–H and O–H groups in total. The van der Waals surface area contributed by atoms with Gasteiger partial charge in [0.2, 0.25) is 5.78 Å². The Morgan fingerprint density at radius 1 is 0.818 bits per heavy atom. The van der Waals surface area contributed by atoms with Crippen LogP contribution in [0.5, 0.6) is 0 Å². The number of nitrogens with zero attached hydrogens (tertiary/aromatic N) is 3. The maximum atomic E-state index is 13.6. The lowest BCUT2D eigenvalue weighted by Crippen LogP contribution is -2.09. The van der Waals surface area contributed by atoms with Crippen molar-refractivity contribution in [3.05, 3.63) is 94.6 Å². The van der Waals surface area contributed by atoms with E-state index < -0.39 is 0 Å². The number of carbonyl (C=O) groups is 1. The Kier molecular flexibility index (Phi) is 5.40. The van der Waals surface area contributed by atoms with E-state index in [1.807, 2.05) is 98.3 Å². The molecule has 164 valence electrons. The van der Waals surface area contributed by atoms with Gasteiger partial charge >= 0.3 is 0 Å². The van der Waals surface area contributed by atoms with E-state index in [0.29, 0.717) is 21.7 Å². The van der Waals surface area contributed by atoms with E-state index in [9.17, 15) is 4.79 Å². The van der Waals surface area contributed by atoms with Crippen LogP contribution in [-0.4, -0.2) is 20.3 Å². The van der Waals surface area contributed by atoms with Crippen molar-refractivity contribution in [2.75, 3.05) is 10.6 Å². The van der Waals surface area contributed by atoms with Crippen LogP contribution >= 0.6 is 11.3 Å². The Hall–Kier alpha value is -3.97. The summed E-state index contributed by atoms with van der Waals surface area (Å²) < 4.78 is 1.83. The monoisotopic (exact) mass is 453 g/mol.